The lowest BCUT2D eigenvalue weighted by Gasteiger charge is -2.42. The van der Waals surface area contributed by atoms with Crippen molar-refractivity contribution in [2.45, 2.75) is 95.3 Å². The molecule has 1 aromatic rings. The molecule has 0 bridgehead atoms. The van der Waals surface area contributed by atoms with Crippen molar-refractivity contribution in [3.63, 3.8) is 0 Å². The Bertz CT molecular complexity index is 773. The summed E-state index contributed by atoms with van der Waals surface area (Å²) in [5.74, 6) is -0.656. The molecule has 5 nitrogen and oxygen atoms in total. The number of halogens is 7. The third-order valence-electron chi connectivity index (χ3n) is 5.74. The number of carbonyl (C=O) groups excluding carboxylic acids is 1. The molecule has 12 heteroatoms. The summed E-state index contributed by atoms with van der Waals surface area (Å²) in [6.07, 6.45) is -3.37. The van der Waals surface area contributed by atoms with E-state index in [0.29, 0.717) is 18.6 Å². The van der Waals surface area contributed by atoms with Crippen LogP contribution < -0.4 is 0 Å². The SMILES string of the molecule is CCCCCCCCC1CN(Cc2cc(C(F)(F)F)cc(C(F)(F)F)c2)C(=O)C(Cl)(CC)O1.O.O. The van der Waals surface area contributed by atoms with E-state index in [0.717, 1.165) is 38.5 Å². The van der Waals surface area contributed by atoms with E-state index in [1.54, 1.807) is 6.92 Å². The van der Waals surface area contributed by atoms with Crippen molar-refractivity contribution in [2.75, 3.05) is 6.54 Å². The molecular formula is C23H34ClF6NO4. The fourth-order valence-corrected chi connectivity index (χ4v) is 4.17. The van der Waals surface area contributed by atoms with Gasteiger partial charge in [-0.25, -0.2) is 0 Å². The molecule has 0 radical (unpaired) electrons. The summed E-state index contributed by atoms with van der Waals surface area (Å²) in [6, 6.07) is 1.36. The first-order valence-electron chi connectivity index (χ1n) is 11.2. The van der Waals surface area contributed by atoms with Gasteiger partial charge in [-0.2, -0.15) is 26.3 Å². The molecule has 0 aromatic heterocycles. The minimum atomic E-state index is -4.95. The standard InChI is InChI=1S/C23H30ClF6NO2.2H2O/c1-3-5-6-7-8-9-10-19-15-31(20(32)21(24,4-2)33-19)14-16-11-17(22(25,26)27)13-18(12-16)23(28,29)30;;/h11-13,19H,3-10,14-15H2,1-2H3;2*1H2. The van der Waals surface area contributed by atoms with Crippen LogP contribution in [0.5, 0.6) is 0 Å². The molecule has 2 unspecified atom stereocenters. The number of rotatable bonds is 10. The van der Waals surface area contributed by atoms with E-state index in [-0.39, 0.29) is 35.5 Å². The number of hydrogen-bond acceptors (Lipinski definition) is 2. The number of hydrogen-bond donors (Lipinski definition) is 0. The minimum Gasteiger partial charge on any atom is -0.412 e. The molecular weight excluding hydrogens is 504 g/mol. The van der Waals surface area contributed by atoms with Gasteiger partial charge in [-0.05, 0) is 36.6 Å². The molecule has 1 aliphatic rings. The average Bonchev–Trinajstić information content (AvgIpc) is 2.72. The molecule has 35 heavy (non-hydrogen) atoms. The second kappa shape index (κ2) is 13.7. The lowest BCUT2D eigenvalue weighted by molar-refractivity contribution is -0.172. The Morgan fingerprint density at radius 2 is 1.46 bits per heavy atom. The van der Waals surface area contributed by atoms with Crippen LogP contribution >= 0.6 is 11.6 Å². The van der Waals surface area contributed by atoms with Gasteiger partial charge >= 0.3 is 12.4 Å². The summed E-state index contributed by atoms with van der Waals surface area (Å²) >= 11 is 6.38. The van der Waals surface area contributed by atoms with Gasteiger partial charge in [0.1, 0.15) is 0 Å². The Morgan fingerprint density at radius 3 is 1.94 bits per heavy atom. The first kappa shape index (κ1) is 33.4. The Kier molecular flexibility index (Phi) is 13.1. The third kappa shape index (κ3) is 9.44. The number of alkyl halides is 7. The topological polar surface area (TPSA) is 92.5 Å². The quantitative estimate of drug-likeness (QED) is 0.211. The second-order valence-corrected chi connectivity index (χ2v) is 9.09. The number of carbonyl (C=O) groups is 1. The van der Waals surface area contributed by atoms with Gasteiger partial charge in [-0.3, -0.25) is 4.79 Å². The molecule has 4 N–H and O–H groups in total. The van der Waals surface area contributed by atoms with Gasteiger partial charge in [-0.1, -0.05) is 64.0 Å². The second-order valence-electron chi connectivity index (χ2n) is 8.48. The fraction of sp³-hybridized carbons (Fsp3) is 0.696. The zero-order chi connectivity index (χ0) is 24.9. The lowest BCUT2D eigenvalue weighted by atomic mass is 10.0. The van der Waals surface area contributed by atoms with E-state index in [1.165, 1.54) is 4.90 Å². The van der Waals surface area contributed by atoms with Gasteiger partial charge in [-0.15, -0.1) is 0 Å². The molecule has 1 aromatic carbocycles. The number of morpholine rings is 1. The van der Waals surface area contributed by atoms with Gasteiger partial charge in [0.05, 0.1) is 17.2 Å². The number of ether oxygens (including phenoxy) is 1. The number of unbranched alkanes of at least 4 members (excludes halogenated alkanes) is 5. The Labute approximate surface area is 206 Å². The van der Waals surface area contributed by atoms with Crippen molar-refractivity contribution in [2.24, 2.45) is 0 Å². The van der Waals surface area contributed by atoms with Crippen LogP contribution in [0.4, 0.5) is 26.3 Å². The van der Waals surface area contributed by atoms with Crippen LogP contribution in [0.25, 0.3) is 0 Å². The van der Waals surface area contributed by atoms with Crippen molar-refractivity contribution < 1.29 is 46.8 Å². The fourth-order valence-electron chi connectivity index (χ4n) is 3.92. The third-order valence-corrected chi connectivity index (χ3v) is 6.26. The molecule has 1 aliphatic heterocycles. The summed E-state index contributed by atoms with van der Waals surface area (Å²) < 4.78 is 85.0. The van der Waals surface area contributed by atoms with Gasteiger partial charge in [0.25, 0.3) is 5.91 Å². The van der Waals surface area contributed by atoms with E-state index in [4.69, 9.17) is 16.3 Å². The smallest absolute Gasteiger partial charge is 0.412 e. The van der Waals surface area contributed by atoms with Crippen molar-refractivity contribution in [3.8, 4) is 0 Å². The van der Waals surface area contributed by atoms with Crippen LogP contribution in [-0.4, -0.2) is 39.5 Å². The van der Waals surface area contributed by atoms with Gasteiger partial charge in [0, 0.05) is 13.1 Å². The highest BCUT2D eigenvalue weighted by Gasteiger charge is 2.46. The largest absolute Gasteiger partial charge is 0.416 e. The van der Waals surface area contributed by atoms with E-state index in [9.17, 15) is 31.1 Å². The molecule has 0 spiro atoms. The van der Waals surface area contributed by atoms with E-state index >= 15 is 0 Å². The first-order valence-corrected chi connectivity index (χ1v) is 11.6. The Hall–Kier alpha value is -1.56. The van der Waals surface area contributed by atoms with Crippen molar-refractivity contribution in [1.82, 2.24) is 4.90 Å². The normalized spacial score (nSPS) is 20.9. The zero-order valence-corrected chi connectivity index (χ0v) is 20.5. The highest BCUT2D eigenvalue weighted by molar-refractivity contribution is 6.33. The Balaban J connectivity index is 0.00000578. The van der Waals surface area contributed by atoms with Crippen molar-refractivity contribution in [3.05, 3.63) is 34.9 Å². The zero-order valence-electron chi connectivity index (χ0n) is 19.8. The monoisotopic (exact) mass is 537 g/mol. The van der Waals surface area contributed by atoms with Crippen LogP contribution in [0, 0.1) is 0 Å². The van der Waals surface area contributed by atoms with Crippen LogP contribution in [0.3, 0.4) is 0 Å². The van der Waals surface area contributed by atoms with Gasteiger partial charge < -0.3 is 20.6 Å². The lowest BCUT2D eigenvalue weighted by Crippen LogP contribution is -2.56. The summed E-state index contributed by atoms with van der Waals surface area (Å²) in [7, 11) is 0. The summed E-state index contributed by atoms with van der Waals surface area (Å²) in [4.78, 5) is 14.1. The highest BCUT2D eigenvalue weighted by atomic mass is 35.5. The predicted molar refractivity (Wildman–Crippen MR) is 121 cm³/mol. The van der Waals surface area contributed by atoms with Crippen LogP contribution in [0.1, 0.15) is 81.9 Å². The molecule has 1 amide bonds. The van der Waals surface area contributed by atoms with E-state index in [2.05, 4.69) is 6.92 Å². The molecule has 1 fully saturated rings. The maximum atomic E-state index is 13.2. The molecule has 1 saturated heterocycles. The summed E-state index contributed by atoms with van der Waals surface area (Å²) in [5.41, 5.74) is -3.09. The van der Waals surface area contributed by atoms with Crippen molar-refractivity contribution >= 4 is 17.5 Å². The predicted octanol–water partition coefficient (Wildman–Crippen LogP) is 5.90. The summed E-state index contributed by atoms with van der Waals surface area (Å²) in [6.45, 7) is 3.40. The minimum absolute atomic E-state index is 0. The molecule has 2 rings (SSSR count). The van der Waals surface area contributed by atoms with Gasteiger partial charge in [0.2, 0.25) is 5.06 Å². The molecule has 0 aliphatic carbocycles. The molecule has 204 valence electrons. The van der Waals surface area contributed by atoms with Gasteiger partial charge in [0.15, 0.2) is 0 Å². The van der Waals surface area contributed by atoms with Crippen LogP contribution in [0.2, 0.25) is 0 Å². The molecule has 1 heterocycles. The van der Waals surface area contributed by atoms with Crippen LogP contribution in [-0.2, 0) is 28.4 Å². The average molecular weight is 538 g/mol. The Morgan fingerprint density at radius 1 is 0.943 bits per heavy atom. The molecule has 2 atom stereocenters. The van der Waals surface area contributed by atoms with Crippen LogP contribution in [0.15, 0.2) is 18.2 Å². The van der Waals surface area contributed by atoms with Crippen molar-refractivity contribution in [1.29, 1.82) is 0 Å². The molecule has 0 saturated carbocycles. The van der Waals surface area contributed by atoms with E-state index in [1.807, 2.05) is 0 Å². The maximum absolute atomic E-state index is 13.2. The number of amides is 1. The number of benzene rings is 1. The highest BCUT2D eigenvalue weighted by Crippen LogP contribution is 2.38. The first-order chi connectivity index (χ1) is 15.3. The summed E-state index contributed by atoms with van der Waals surface area (Å²) in [5, 5.41) is -1.68. The van der Waals surface area contributed by atoms with E-state index < -0.39 is 47.1 Å². The maximum Gasteiger partial charge on any atom is 0.416 e. The number of nitrogens with zero attached hydrogens (tertiary/aromatic N) is 1.